The average molecular weight is 263 g/mol. The lowest BCUT2D eigenvalue weighted by atomic mass is 9.80. The van der Waals surface area contributed by atoms with E-state index in [1.807, 2.05) is 6.07 Å². The minimum absolute atomic E-state index is 0.348. The minimum Gasteiger partial charge on any atom is -0.388 e. The van der Waals surface area contributed by atoms with Crippen molar-refractivity contribution in [2.75, 3.05) is 18.0 Å². The summed E-state index contributed by atoms with van der Waals surface area (Å²) in [5, 5.41) is 0. The summed E-state index contributed by atoms with van der Waals surface area (Å²) in [5.41, 5.74) is 7.92. The van der Waals surface area contributed by atoms with Crippen molar-refractivity contribution in [2.24, 2.45) is 17.1 Å². The van der Waals surface area contributed by atoms with E-state index in [1.165, 1.54) is 6.42 Å². The van der Waals surface area contributed by atoms with Gasteiger partial charge in [-0.15, -0.1) is 0 Å². The molecule has 1 aromatic rings. The summed E-state index contributed by atoms with van der Waals surface area (Å²) in [6.07, 6.45) is 2.96. The van der Waals surface area contributed by atoms with E-state index in [9.17, 15) is 0 Å². The van der Waals surface area contributed by atoms with Gasteiger partial charge in [0.2, 0.25) is 0 Å². The number of hydrogen-bond acceptors (Lipinski definition) is 3. The molecule has 1 atom stereocenters. The summed E-state index contributed by atoms with van der Waals surface area (Å²) in [6, 6.07) is 4.01. The van der Waals surface area contributed by atoms with Crippen molar-refractivity contribution < 1.29 is 0 Å². The van der Waals surface area contributed by atoms with Crippen molar-refractivity contribution >= 4 is 22.9 Å². The fourth-order valence-corrected chi connectivity index (χ4v) is 2.69. The molecule has 2 rings (SSSR count). The van der Waals surface area contributed by atoms with E-state index in [1.54, 1.807) is 6.20 Å². The fraction of sp³-hybridized carbons (Fsp3) is 0.571. The molecular formula is C14H21N3S. The fourth-order valence-electron chi connectivity index (χ4n) is 2.53. The first kappa shape index (κ1) is 13.3. The van der Waals surface area contributed by atoms with Crippen molar-refractivity contribution in [2.45, 2.75) is 27.2 Å². The van der Waals surface area contributed by atoms with Crippen molar-refractivity contribution in [3.63, 3.8) is 0 Å². The molecule has 0 amide bonds. The molecule has 0 bridgehead atoms. The summed E-state index contributed by atoms with van der Waals surface area (Å²) < 4.78 is 0. The van der Waals surface area contributed by atoms with E-state index < -0.39 is 0 Å². The van der Waals surface area contributed by atoms with Crippen LogP contribution >= 0.6 is 12.2 Å². The Bertz CT molecular complexity index is 451. The maximum Gasteiger partial charge on any atom is 0.124 e. The third kappa shape index (κ3) is 2.64. The van der Waals surface area contributed by atoms with Crippen LogP contribution in [-0.2, 0) is 0 Å². The SMILES string of the molecule is CC(C)(C)C1CCN(c2cccnc2C(N)=S)C1. The molecule has 1 unspecified atom stereocenters. The van der Waals surface area contributed by atoms with E-state index in [2.05, 4.69) is 36.7 Å². The first-order chi connectivity index (χ1) is 8.39. The van der Waals surface area contributed by atoms with Crippen LogP contribution in [0.15, 0.2) is 18.3 Å². The van der Waals surface area contributed by atoms with Crippen molar-refractivity contribution in [3.05, 3.63) is 24.0 Å². The second-order valence-corrected chi connectivity index (χ2v) is 6.47. The van der Waals surface area contributed by atoms with Gasteiger partial charge in [-0.1, -0.05) is 33.0 Å². The number of nitrogens with zero attached hydrogens (tertiary/aromatic N) is 2. The third-order valence-electron chi connectivity index (χ3n) is 3.77. The Hall–Kier alpha value is -1.16. The highest BCUT2D eigenvalue weighted by atomic mass is 32.1. The molecule has 1 aliphatic heterocycles. The molecule has 2 heterocycles. The average Bonchev–Trinajstić information content (AvgIpc) is 2.77. The third-order valence-corrected chi connectivity index (χ3v) is 3.97. The van der Waals surface area contributed by atoms with Gasteiger partial charge in [-0.2, -0.15) is 0 Å². The quantitative estimate of drug-likeness (QED) is 0.833. The molecule has 0 spiro atoms. The van der Waals surface area contributed by atoms with Crippen molar-refractivity contribution in [3.8, 4) is 0 Å². The molecule has 18 heavy (non-hydrogen) atoms. The monoisotopic (exact) mass is 263 g/mol. The normalized spacial score (nSPS) is 20.2. The van der Waals surface area contributed by atoms with E-state index in [0.29, 0.717) is 16.3 Å². The van der Waals surface area contributed by atoms with Crippen LogP contribution in [0.2, 0.25) is 0 Å². The first-order valence-corrected chi connectivity index (χ1v) is 6.80. The highest BCUT2D eigenvalue weighted by Gasteiger charge is 2.32. The Labute approximate surface area is 114 Å². The largest absolute Gasteiger partial charge is 0.388 e. The number of aromatic nitrogens is 1. The van der Waals surface area contributed by atoms with Gasteiger partial charge in [-0.25, -0.2) is 0 Å². The van der Waals surface area contributed by atoms with Crippen LogP contribution in [0.4, 0.5) is 5.69 Å². The van der Waals surface area contributed by atoms with Crippen molar-refractivity contribution in [1.29, 1.82) is 0 Å². The van der Waals surface area contributed by atoms with Crippen LogP contribution in [0, 0.1) is 11.3 Å². The van der Waals surface area contributed by atoms with Gasteiger partial charge in [0.15, 0.2) is 0 Å². The zero-order valence-electron chi connectivity index (χ0n) is 11.3. The second-order valence-electron chi connectivity index (χ2n) is 6.03. The van der Waals surface area contributed by atoms with E-state index in [0.717, 1.165) is 24.5 Å². The summed E-state index contributed by atoms with van der Waals surface area (Å²) >= 11 is 5.08. The van der Waals surface area contributed by atoms with Gasteiger partial charge < -0.3 is 10.6 Å². The molecule has 0 aliphatic carbocycles. The Balaban J connectivity index is 2.22. The minimum atomic E-state index is 0.348. The summed E-state index contributed by atoms with van der Waals surface area (Å²) in [6.45, 7) is 9.03. The van der Waals surface area contributed by atoms with E-state index in [4.69, 9.17) is 18.0 Å². The van der Waals surface area contributed by atoms with Gasteiger partial charge in [0.1, 0.15) is 10.7 Å². The van der Waals surface area contributed by atoms with E-state index in [-0.39, 0.29) is 0 Å². The predicted molar refractivity (Wildman–Crippen MR) is 79.9 cm³/mol. The maximum atomic E-state index is 5.74. The number of thiocarbonyl (C=S) groups is 1. The smallest absolute Gasteiger partial charge is 0.124 e. The molecule has 4 heteroatoms. The molecule has 98 valence electrons. The Morgan fingerprint density at radius 2 is 2.22 bits per heavy atom. The molecule has 0 saturated carbocycles. The second kappa shape index (κ2) is 4.84. The molecule has 1 aliphatic rings. The summed E-state index contributed by atoms with van der Waals surface area (Å²) in [5.74, 6) is 0.705. The first-order valence-electron chi connectivity index (χ1n) is 6.39. The van der Waals surface area contributed by atoms with Gasteiger partial charge >= 0.3 is 0 Å². The zero-order valence-corrected chi connectivity index (χ0v) is 12.1. The Morgan fingerprint density at radius 3 is 2.78 bits per heavy atom. The van der Waals surface area contributed by atoms with Gasteiger partial charge in [0.05, 0.1) is 5.69 Å². The maximum absolute atomic E-state index is 5.74. The number of nitrogens with two attached hydrogens (primary N) is 1. The lowest BCUT2D eigenvalue weighted by Gasteiger charge is -2.28. The van der Waals surface area contributed by atoms with Crippen LogP contribution in [0.25, 0.3) is 0 Å². The van der Waals surface area contributed by atoms with Gasteiger partial charge in [-0.05, 0) is 29.9 Å². The zero-order chi connectivity index (χ0) is 13.3. The molecule has 3 nitrogen and oxygen atoms in total. The Morgan fingerprint density at radius 1 is 1.50 bits per heavy atom. The molecule has 0 radical (unpaired) electrons. The van der Waals surface area contributed by atoms with Crippen LogP contribution in [-0.4, -0.2) is 23.1 Å². The van der Waals surface area contributed by atoms with Gasteiger partial charge in [0.25, 0.3) is 0 Å². The molecule has 0 aromatic carbocycles. The topological polar surface area (TPSA) is 42.2 Å². The predicted octanol–water partition coefficient (Wildman–Crippen LogP) is 2.59. The molecule has 2 N–H and O–H groups in total. The van der Waals surface area contributed by atoms with Gasteiger partial charge in [0, 0.05) is 19.3 Å². The van der Waals surface area contributed by atoms with E-state index >= 15 is 0 Å². The number of hydrogen-bond donors (Lipinski definition) is 1. The lowest BCUT2D eigenvalue weighted by molar-refractivity contribution is 0.263. The molecular weight excluding hydrogens is 242 g/mol. The number of pyridine rings is 1. The molecule has 1 aromatic heterocycles. The lowest BCUT2D eigenvalue weighted by Crippen LogP contribution is -2.28. The van der Waals surface area contributed by atoms with Crippen molar-refractivity contribution in [1.82, 2.24) is 4.98 Å². The van der Waals surface area contributed by atoms with Crippen LogP contribution in [0.5, 0.6) is 0 Å². The van der Waals surface area contributed by atoms with Gasteiger partial charge in [-0.3, -0.25) is 4.98 Å². The molecule has 1 saturated heterocycles. The summed E-state index contributed by atoms with van der Waals surface area (Å²) in [4.78, 5) is 7.04. The van der Waals surface area contributed by atoms with Crippen LogP contribution < -0.4 is 10.6 Å². The standard InChI is InChI=1S/C14H21N3S/c1-14(2,3)10-6-8-17(9-10)11-5-4-7-16-12(11)13(15)18/h4-5,7,10H,6,8-9H2,1-3H3,(H2,15,18). The highest BCUT2D eigenvalue weighted by molar-refractivity contribution is 7.80. The summed E-state index contributed by atoms with van der Waals surface area (Å²) in [7, 11) is 0. The number of anilines is 1. The number of rotatable bonds is 2. The van der Waals surface area contributed by atoms with Crippen LogP contribution in [0.1, 0.15) is 32.9 Å². The Kier molecular flexibility index (Phi) is 3.57. The van der Waals surface area contributed by atoms with Crippen LogP contribution in [0.3, 0.4) is 0 Å². The molecule has 1 fully saturated rings. The highest BCUT2D eigenvalue weighted by Crippen LogP contribution is 2.36.